The lowest BCUT2D eigenvalue weighted by Crippen LogP contribution is -2.40. The highest BCUT2D eigenvalue weighted by atomic mass is 16.5. The van der Waals surface area contributed by atoms with Gasteiger partial charge in [0.05, 0.1) is 11.7 Å². The lowest BCUT2D eigenvalue weighted by molar-refractivity contribution is -0.131. The summed E-state index contributed by atoms with van der Waals surface area (Å²) in [5.41, 5.74) is -0.0800. The number of nitrogens with zero attached hydrogens (tertiary/aromatic N) is 2. The molecule has 0 N–H and O–H groups in total. The monoisotopic (exact) mass is 208 g/mol. The van der Waals surface area contributed by atoms with E-state index in [2.05, 4.69) is 0 Å². The molecule has 2 fully saturated rings. The van der Waals surface area contributed by atoms with Gasteiger partial charge in [0.2, 0.25) is 5.91 Å². The van der Waals surface area contributed by atoms with Crippen molar-refractivity contribution < 1.29 is 9.53 Å². The maximum Gasteiger partial charge on any atom is 0.236 e. The fourth-order valence-electron chi connectivity index (χ4n) is 2.47. The van der Waals surface area contributed by atoms with Crippen molar-refractivity contribution in [3.63, 3.8) is 0 Å². The van der Waals surface area contributed by atoms with E-state index in [9.17, 15) is 4.79 Å². The van der Waals surface area contributed by atoms with E-state index in [4.69, 9.17) is 10.00 Å². The molecule has 2 aliphatic rings. The van der Waals surface area contributed by atoms with Gasteiger partial charge in [-0.05, 0) is 25.7 Å². The minimum atomic E-state index is -0.0800. The highest BCUT2D eigenvalue weighted by molar-refractivity contribution is 5.78. The molecule has 0 unspecified atom stereocenters. The van der Waals surface area contributed by atoms with Crippen molar-refractivity contribution in [2.45, 2.75) is 37.7 Å². The van der Waals surface area contributed by atoms with Crippen LogP contribution in [0.5, 0.6) is 0 Å². The van der Waals surface area contributed by atoms with Crippen LogP contribution < -0.4 is 0 Å². The molecule has 1 atom stereocenters. The standard InChI is InChI=1S/C11H16N2O2/c12-6-3-10(14)13-7-5-11(9-13)4-1-2-8-15-11/h1-5,7-9H2/t11-/m0/s1. The van der Waals surface area contributed by atoms with Crippen LogP contribution in [0.2, 0.25) is 0 Å². The number of amides is 1. The third-order valence-corrected chi connectivity index (χ3v) is 3.33. The van der Waals surface area contributed by atoms with Crippen molar-refractivity contribution >= 4 is 5.91 Å². The zero-order chi connectivity index (χ0) is 10.7. The molecule has 1 spiro atoms. The van der Waals surface area contributed by atoms with Crippen molar-refractivity contribution in [1.82, 2.24) is 4.90 Å². The van der Waals surface area contributed by atoms with E-state index in [-0.39, 0.29) is 17.9 Å². The van der Waals surface area contributed by atoms with Crippen LogP contribution in [0.1, 0.15) is 32.1 Å². The summed E-state index contributed by atoms with van der Waals surface area (Å²) >= 11 is 0. The number of hydrogen-bond donors (Lipinski definition) is 0. The third kappa shape index (κ3) is 2.13. The molecule has 0 saturated carbocycles. The molecule has 2 rings (SSSR count). The number of likely N-dealkylation sites (tertiary alicyclic amines) is 1. The number of nitriles is 1. The van der Waals surface area contributed by atoms with Gasteiger partial charge in [-0.2, -0.15) is 5.26 Å². The van der Waals surface area contributed by atoms with E-state index in [0.29, 0.717) is 6.54 Å². The Morgan fingerprint density at radius 2 is 2.33 bits per heavy atom. The summed E-state index contributed by atoms with van der Waals surface area (Å²) < 4.78 is 5.81. The Bertz CT molecular complexity index is 289. The Hall–Kier alpha value is -1.08. The second-order valence-corrected chi connectivity index (χ2v) is 4.39. The minimum Gasteiger partial charge on any atom is -0.373 e. The first kappa shape index (κ1) is 10.4. The summed E-state index contributed by atoms with van der Waals surface area (Å²) in [4.78, 5) is 13.3. The van der Waals surface area contributed by atoms with Crippen molar-refractivity contribution in [2.24, 2.45) is 0 Å². The Morgan fingerprint density at radius 3 is 3.00 bits per heavy atom. The molecule has 0 radical (unpaired) electrons. The normalized spacial score (nSPS) is 30.5. The maximum atomic E-state index is 11.5. The van der Waals surface area contributed by atoms with Crippen LogP contribution in [0.15, 0.2) is 0 Å². The van der Waals surface area contributed by atoms with Crippen LogP contribution in [0, 0.1) is 11.3 Å². The number of ether oxygens (including phenoxy) is 1. The van der Waals surface area contributed by atoms with Crippen molar-refractivity contribution in [2.75, 3.05) is 19.7 Å². The van der Waals surface area contributed by atoms with Gasteiger partial charge in [-0.1, -0.05) is 0 Å². The number of hydrogen-bond acceptors (Lipinski definition) is 3. The predicted molar refractivity (Wildman–Crippen MR) is 54.0 cm³/mol. The third-order valence-electron chi connectivity index (χ3n) is 3.33. The molecule has 4 nitrogen and oxygen atoms in total. The first-order chi connectivity index (χ1) is 7.26. The summed E-state index contributed by atoms with van der Waals surface area (Å²) in [5, 5.41) is 8.47. The quantitative estimate of drug-likeness (QED) is 0.647. The molecule has 4 heteroatoms. The molecule has 15 heavy (non-hydrogen) atoms. The largest absolute Gasteiger partial charge is 0.373 e. The van der Waals surface area contributed by atoms with Gasteiger partial charge in [-0.3, -0.25) is 4.79 Å². The van der Waals surface area contributed by atoms with Crippen molar-refractivity contribution in [3.05, 3.63) is 0 Å². The molecule has 1 amide bonds. The highest BCUT2D eigenvalue weighted by Crippen LogP contribution is 2.34. The van der Waals surface area contributed by atoms with Gasteiger partial charge < -0.3 is 9.64 Å². The Labute approximate surface area is 89.8 Å². The Balaban J connectivity index is 1.93. The van der Waals surface area contributed by atoms with Gasteiger partial charge in [0, 0.05) is 19.7 Å². The van der Waals surface area contributed by atoms with Crippen LogP contribution in [-0.2, 0) is 9.53 Å². The maximum absolute atomic E-state index is 11.5. The molecule has 82 valence electrons. The summed E-state index contributed by atoms with van der Waals surface area (Å²) in [6.07, 6.45) is 4.32. The van der Waals surface area contributed by atoms with Gasteiger partial charge in [-0.15, -0.1) is 0 Å². The van der Waals surface area contributed by atoms with E-state index < -0.39 is 0 Å². The van der Waals surface area contributed by atoms with Crippen molar-refractivity contribution in [1.29, 1.82) is 5.26 Å². The van der Waals surface area contributed by atoms with E-state index in [1.54, 1.807) is 4.90 Å². The Morgan fingerprint density at radius 1 is 1.47 bits per heavy atom. The summed E-state index contributed by atoms with van der Waals surface area (Å²) in [7, 11) is 0. The van der Waals surface area contributed by atoms with Gasteiger partial charge in [0.25, 0.3) is 0 Å². The lowest BCUT2D eigenvalue weighted by atomic mass is 9.93. The molecular weight excluding hydrogens is 192 g/mol. The van der Waals surface area contributed by atoms with E-state index in [1.807, 2.05) is 6.07 Å². The molecule has 0 aromatic heterocycles. The predicted octanol–water partition coefficient (Wildman–Crippen LogP) is 1.07. The van der Waals surface area contributed by atoms with Gasteiger partial charge in [0.1, 0.15) is 6.42 Å². The van der Waals surface area contributed by atoms with Crippen LogP contribution >= 0.6 is 0 Å². The van der Waals surface area contributed by atoms with Gasteiger partial charge in [0.15, 0.2) is 0 Å². The average Bonchev–Trinajstić information content (AvgIpc) is 2.64. The molecule has 0 aliphatic carbocycles. The molecule has 2 aliphatic heterocycles. The highest BCUT2D eigenvalue weighted by Gasteiger charge is 2.41. The molecule has 0 aromatic rings. The molecule has 2 saturated heterocycles. The molecular formula is C11H16N2O2. The van der Waals surface area contributed by atoms with E-state index >= 15 is 0 Å². The average molecular weight is 208 g/mol. The smallest absolute Gasteiger partial charge is 0.236 e. The van der Waals surface area contributed by atoms with Crippen LogP contribution in [0.3, 0.4) is 0 Å². The van der Waals surface area contributed by atoms with Crippen LogP contribution in [0.25, 0.3) is 0 Å². The topological polar surface area (TPSA) is 53.3 Å². The number of carbonyl (C=O) groups excluding carboxylic acids is 1. The van der Waals surface area contributed by atoms with Crippen molar-refractivity contribution in [3.8, 4) is 6.07 Å². The summed E-state index contributed by atoms with van der Waals surface area (Å²) in [6, 6.07) is 1.90. The number of rotatable bonds is 1. The second-order valence-electron chi connectivity index (χ2n) is 4.39. The molecule has 0 bridgehead atoms. The fourth-order valence-corrected chi connectivity index (χ4v) is 2.47. The first-order valence-corrected chi connectivity index (χ1v) is 5.54. The summed E-state index contributed by atoms with van der Waals surface area (Å²) in [6.45, 7) is 2.26. The molecule has 0 aromatic carbocycles. The van der Waals surface area contributed by atoms with E-state index in [0.717, 1.165) is 32.4 Å². The zero-order valence-electron chi connectivity index (χ0n) is 8.87. The molecule has 2 heterocycles. The Kier molecular flexibility index (Phi) is 2.92. The van der Waals surface area contributed by atoms with Gasteiger partial charge in [-0.25, -0.2) is 0 Å². The minimum absolute atomic E-state index is 0.00389. The zero-order valence-corrected chi connectivity index (χ0v) is 8.87. The first-order valence-electron chi connectivity index (χ1n) is 5.54. The SMILES string of the molecule is N#CCC(=O)N1CC[C@@]2(CCCCO2)C1. The van der Waals surface area contributed by atoms with Crippen LogP contribution in [0.4, 0.5) is 0 Å². The number of carbonyl (C=O) groups is 1. The van der Waals surface area contributed by atoms with E-state index in [1.165, 1.54) is 6.42 Å². The fraction of sp³-hybridized carbons (Fsp3) is 0.818. The lowest BCUT2D eigenvalue weighted by Gasteiger charge is -2.33. The second kappa shape index (κ2) is 4.19. The van der Waals surface area contributed by atoms with Crippen LogP contribution in [-0.4, -0.2) is 36.1 Å². The van der Waals surface area contributed by atoms with Gasteiger partial charge >= 0.3 is 0 Å². The summed E-state index contributed by atoms with van der Waals surface area (Å²) in [5.74, 6) is -0.0523.